The van der Waals surface area contributed by atoms with E-state index in [0.717, 1.165) is 10.6 Å². The van der Waals surface area contributed by atoms with Gasteiger partial charge in [0.1, 0.15) is 11.6 Å². The van der Waals surface area contributed by atoms with Crippen molar-refractivity contribution in [1.82, 2.24) is 5.32 Å². The van der Waals surface area contributed by atoms with Gasteiger partial charge in [-0.1, -0.05) is 30.3 Å². The first-order chi connectivity index (χ1) is 17.7. The monoisotopic (exact) mass is 521 g/mol. The van der Waals surface area contributed by atoms with Gasteiger partial charge in [-0.2, -0.15) is 0 Å². The lowest BCUT2D eigenvalue weighted by Crippen LogP contribution is -2.29. The predicted octanol–water partition coefficient (Wildman–Crippen LogP) is 4.57. The summed E-state index contributed by atoms with van der Waals surface area (Å²) in [5.41, 5.74) is 1.32. The Morgan fingerprint density at radius 3 is 2.27 bits per heavy atom. The number of anilines is 2. The molecular weight excluding hydrogens is 497 g/mol. The molecule has 0 bridgehead atoms. The first kappa shape index (κ1) is 25.6. The van der Waals surface area contributed by atoms with E-state index < -0.39 is 21.7 Å². The molecule has 1 heterocycles. The van der Waals surface area contributed by atoms with Gasteiger partial charge in [-0.3, -0.25) is 13.9 Å². The smallest absolute Gasteiger partial charge is 0.255 e. The Labute approximate surface area is 213 Å². The zero-order chi connectivity index (χ0) is 26.4. The molecule has 37 heavy (non-hydrogen) atoms. The molecule has 0 aliphatic heterocycles. The van der Waals surface area contributed by atoms with E-state index in [9.17, 15) is 22.4 Å². The molecule has 2 N–H and O–H groups in total. The lowest BCUT2D eigenvalue weighted by molar-refractivity contribution is 0.0949. The molecule has 0 atom stereocenters. The molecule has 0 aliphatic carbocycles. The lowest BCUT2D eigenvalue weighted by Gasteiger charge is -2.23. The number of para-hydroxylation sites is 1. The van der Waals surface area contributed by atoms with Gasteiger partial charge in [0.05, 0.1) is 42.5 Å². The van der Waals surface area contributed by atoms with Gasteiger partial charge < -0.3 is 15.1 Å². The Balaban J connectivity index is 1.49. The van der Waals surface area contributed by atoms with Gasteiger partial charge >= 0.3 is 0 Å². The fourth-order valence-electron chi connectivity index (χ4n) is 3.62. The molecule has 2 amide bonds. The van der Waals surface area contributed by atoms with Crippen molar-refractivity contribution < 1.29 is 26.8 Å². The zero-order valence-electron chi connectivity index (χ0n) is 19.8. The van der Waals surface area contributed by atoms with Crippen molar-refractivity contribution in [3.8, 4) is 0 Å². The third-order valence-corrected chi connectivity index (χ3v) is 6.65. The summed E-state index contributed by atoms with van der Waals surface area (Å²) in [6.07, 6.45) is 2.54. The van der Waals surface area contributed by atoms with E-state index >= 15 is 0 Å². The molecule has 0 saturated carbocycles. The quantitative estimate of drug-likeness (QED) is 0.336. The van der Waals surface area contributed by atoms with Gasteiger partial charge in [0.25, 0.3) is 11.8 Å². The van der Waals surface area contributed by atoms with E-state index in [-0.39, 0.29) is 41.4 Å². The highest BCUT2D eigenvalue weighted by atomic mass is 32.2. The Kier molecular flexibility index (Phi) is 7.69. The second kappa shape index (κ2) is 11.1. The molecular formula is C27H24FN3O5S. The maximum atomic E-state index is 14.1. The van der Waals surface area contributed by atoms with Gasteiger partial charge in [-0.15, -0.1) is 0 Å². The summed E-state index contributed by atoms with van der Waals surface area (Å²) in [4.78, 5) is 25.6. The van der Waals surface area contributed by atoms with E-state index in [1.165, 1.54) is 48.7 Å². The molecule has 10 heteroatoms. The molecule has 0 aliphatic rings. The number of amides is 2. The molecule has 0 spiro atoms. The second-order valence-corrected chi connectivity index (χ2v) is 10.1. The first-order valence-electron chi connectivity index (χ1n) is 11.2. The number of halogens is 1. The van der Waals surface area contributed by atoms with Gasteiger partial charge in [0, 0.05) is 11.1 Å². The number of furan rings is 1. The number of nitrogens with one attached hydrogen (secondary N) is 2. The molecule has 190 valence electrons. The number of benzene rings is 3. The third kappa shape index (κ3) is 6.42. The molecule has 3 aromatic carbocycles. The van der Waals surface area contributed by atoms with E-state index in [4.69, 9.17) is 4.42 Å². The number of nitrogens with zero attached hydrogens (tertiary/aromatic N) is 1. The molecule has 0 radical (unpaired) electrons. The molecule has 8 nitrogen and oxygen atoms in total. The summed E-state index contributed by atoms with van der Waals surface area (Å²) >= 11 is 0. The van der Waals surface area contributed by atoms with Crippen LogP contribution in [-0.2, 0) is 23.1 Å². The van der Waals surface area contributed by atoms with Crippen LogP contribution in [0.15, 0.2) is 95.6 Å². The standard InChI is InChI=1S/C27H24FN3O5S/c1-37(34,35)31(18-20-7-2-4-10-24(20)28)21-14-12-19(13-15-21)26(32)30-25-11-5-3-9-23(25)27(33)29-17-22-8-6-16-36-22/h2-16H,17-18H2,1H3,(H,29,33)(H,30,32). The summed E-state index contributed by atoms with van der Waals surface area (Å²) in [5.74, 6) is -0.801. The molecule has 0 fully saturated rings. The second-order valence-electron chi connectivity index (χ2n) is 8.17. The molecule has 1 aromatic heterocycles. The maximum Gasteiger partial charge on any atom is 0.255 e. The van der Waals surface area contributed by atoms with E-state index in [2.05, 4.69) is 10.6 Å². The summed E-state index contributed by atoms with van der Waals surface area (Å²) < 4.78 is 45.2. The number of rotatable bonds is 9. The van der Waals surface area contributed by atoms with Crippen LogP contribution < -0.4 is 14.9 Å². The minimum absolute atomic E-state index is 0.194. The van der Waals surface area contributed by atoms with E-state index in [1.807, 2.05) is 0 Å². The summed E-state index contributed by atoms with van der Waals surface area (Å²) in [6, 6.07) is 21.8. The number of carbonyl (C=O) groups is 2. The van der Waals surface area contributed by atoms with Crippen LogP contribution in [0.5, 0.6) is 0 Å². The van der Waals surface area contributed by atoms with Crippen LogP contribution in [0.3, 0.4) is 0 Å². The van der Waals surface area contributed by atoms with E-state index in [0.29, 0.717) is 11.4 Å². The molecule has 0 saturated heterocycles. The van der Waals surface area contributed by atoms with Gasteiger partial charge in [-0.25, -0.2) is 12.8 Å². The molecule has 0 unspecified atom stereocenters. The highest BCUT2D eigenvalue weighted by Crippen LogP contribution is 2.23. The maximum absolute atomic E-state index is 14.1. The van der Waals surface area contributed by atoms with Gasteiger partial charge in [0.15, 0.2) is 0 Å². The summed E-state index contributed by atoms with van der Waals surface area (Å²) in [6.45, 7) is -0.00314. The Morgan fingerprint density at radius 2 is 1.59 bits per heavy atom. The minimum Gasteiger partial charge on any atom is -0.467 e. The van der Waals surface area contributed by atoms with Crippen LogP contribution in [-0.4, -0.2) is 26.5 Å². The minimum atomic E-state index is -3.74. The Hall–Kier alpha value is -4.44. The Bertz CT molecular complexity index is 1500. The highest BCUT2D eigenvalue weighted by molar-refractivity contribution is 7.92. The van der Waals surface area contributed by atoms with Crippen molar-refractivity contribution in [1.29, 1.82) is 0 Å². The number of sulfonamides is 1. The fourth-order valence-corrected chi connectivity index (χ4v) is 4.50. The topological polar surface area (TPSA) is 109 Å². The largest absolute Gasteiger partial charge is 0.467 e. The number of hydrogen-bond acceptors (Lipinski definition) is 5. The third-order valence-electron chi connectivity index (χ3n) is 5.51. The SMILES string of the molecule is CS(=O)(=O)N(Cc1ccccc1F)c1ccc(C(=O)Nc2ccccc2C(=O)NCc2ccco2)cc1. The van der Waals surface area contributed by atoms with Crippen molar-refractivity contribution in [2.24, 2.45) is 0 Å². The normalized spacial score (nSPS) is 11.1. The average Bonchev–Trinajstić information content (AvgIpc) is 3.40. The van der Waals surface area contributed by atoms with Crippen LogP contribution in [0.1, 0.15) is 32.0 Å². The summed E-state index contributed by atoms with van der Waals surface area (Å²) in [5, 5.41) is 5.46. The highest BCUT2D eigenvalue weighted by Gasteiger charge is 2.20. The lowest BCUT2D eigenvalue weighted by atomic mass is 10.1. The number of hydrogen-bond donors (Lipinski definition) is 2. The fraction of sp³-hybridized carbons (Fsp3) is 0.111. The predicted molar refractivity (Wildman–Crippen MR) is 138 cm³/mol. The molecule has 4 rings (SSSR count). The van der Waals surface area contributed by atoms with Crippen molar-refractivity contribution in [3.63, 3.8) is 0 Å². The molecule has 4 aromatic rings. The Morgan fingerprint density at radius 1 is 0.892 bits per heavy atom. The van der Waals surface area contributed by atoms with Crippen molar-refractivity contribution in [2.75, 3.05) is 15.9 Å². The van der Waals surface area contributed by atoms with Crippen LogP contribution in [0.4, 0.5) is 15.8 Å². The van der Waals surface area contributed by atoms with Crippen molar-refractivity contribution >= 4 is 33.2 Å². The number of carbonyl (C=O) groups excluding carboxylic acids is 2. The average molecular weight is 522 g/mol. The zero-order valence-corrected chi connectivity index (χ0v) is 20.7. The first-order valence-corrected chi connectivity index (χ1v) is 13.1. The van der Waals surface area contributed by atoms with Crippen molar-refractivity contribution in [3.05, 3.63) is 119 Å². The summed E-state index contributed by atoms with van der Waals surface area (Å²) in [7, 11) is -3.74. The van der Waals surface area contributed by atoms with Crippen LogP contribution >= 0.6 is 0 Å². The van der Waals surface area contributed by atoms with Gasteiger partial charge in [0.2, 0.25) is 10.0 Å². The van der Waals surface area contributed by atoms with Crippen LogP contribution in [0.2, 0.25) is 0 Å². The van der Waals surface area contributed by atoms with Crippen LogP contribution in [0, 0.1) is 5.82 Å². The van der Waals surface area contributed by atoms with Crippen molar-refractivity contribution in [2.45, 2.75) is 13.1 Å². The van der Waals surface area contributed by atoms with Gasteiger partial charge in [-0.05, 0) is 54.6 Å². The van der Waals surface area contributed by atoms with Crippen LogP contribution in [0.25, 0.3) is 0 Å². The van der Waals surface area contributed by atoms with E-state index in [1.54, 1.807) is 42.5 Å².